The Morgan fingerprint density at radius 2 is 2.17 bits per heavy atom. The van der Waals surface area contributed by atoms with Gasteiger partial charge in [0.25, 0.3) is 0 Å². The lowest BCUT2D eigenvalue weighted by Gasteiger charge is -2.21. The lowest BCUT2D eigenvalue weighted by molar-refractivity contribution is -0.125. The van der Waals surface area contributed by atoms with Gasteiger partial charge in [-0.25, -0.2) is 0 Å². The lowest BCUT2D eigenvalue weighted by Crippen LogP contribution is -2.43. The zero-order chi connectivity index (χ0) is 13.5. The third kappa shape index (κ3) is 4.55. The van der Waals surface area contributed by atoms with E-state index in [4.69, 9.17) is 4.74 Å². The molecule has 1 amide bonds. The Kier molecular flexibility index (Phi) is 6.60. The van der Waals surface area contributed by atoms with Gasteiger partial charge in [0.15, 0.2) is 0 Å². The molecule has 0 aromatic heterocycles. The summed E-state index contributed by atoms with van der Waals surface area (Å²) in [6, 6.07) is 0.709. The number of likely N-dealkylation sites (N-methyl/N-ethyl adjacent to an activating group) is 1. The molecule has 1 saturated heterocycles. The van der Waals surface area contributed by atoms with Gasteiger partial charge in [-0.15, -0.1) is 0 Å². The molecule has 2 atom stereocenters. The normalized spacial score (nSPS) is 23.9. The Bertz CT molecular complexity index is 259. The first kappa shape index (κ1) is 15.4. The second-order valence-corrected chi connectivity index (χ2v) is 5.26. The van der Waals surface area contributed by atoms with Crippen molar-refractivity contribution in [1.82, 2.24) is 15.5 Å². The van der Waals surface area contributed by atoms with E-state index in [9.17, 15) is 4.79 Å². The quantitative estimate of drug-likeness (QED) is 0.634. The second-order valence-electron chi connectivity index (χ2n) is 5.26. The molecule has 1 heterocycles. The molecule has 106 valence electrons. The highest BCUT2D eigenvalue weighted by Gasteiger charge is 2.32. The number of nitrogens with zero attached hydrogens (tertiary/aromatic N) is 1. The Hall–Kier alpha value is -0.650. The molecule has 0 aromatic carbocycles. The largest absolute Gasteiger partial charge is 0.379 e. The molecule has 18 heavy (non-hydrogen) atoms. The van der Waals surface area contributed by atoms with Crippen LogP contribution in [-0.4, -0.2) is 63.3 Å². The van der Waals surface area contributed by atoms with Gasteiger partial charge in [0.05, 0.1) is 19.1 Å². The highest BCUT2D eigenvalue weighted by molar-refractivity contribution is 5.79. The minimum atomic E-state index is -0.0437. The maximum atomic E-state index is 11.9. The van der Waals surface area contributed by atoms with E-state index in [0.717, 1.165) is 19.5 Å². The molecule has 5 heteroatoms. The zero-order valence-electron chi connectivity index (χ0n) is 12.0. The maximum Gasteiger partial charge on any atom is 0.227 e. The first-order valence-electron chi connectivity index (χ1n) is 6.79. The van der Waals surface area contributed by atoms with Crippen LogP contribution in [0.2, 0.25) is 0 Å². The molecule has 0 aromatic rings. The second kappa shape index (κ2) is 7.71. The Balaban J connectivity index is 2.17. The molecule has 5 nitrogen and oxygen atoms in total. The van der Waals surface area contributed by atoms with Crippen LogP contribution >= 0.6 is 0 Å². The molecule has 0 aliphatic carbocycles. The van der Waals surface area contributed by atoms with Crippen molar-refractivity contribution < 1.29 is 9.53 Å². The lowest BCUT2D eigenvalue weighted by atomic mass is 10.0. The van der Waals surface area contributed by atoms with Gasteiger partial charge in [0.2, 0.25) is 5.91 Å². The Labute approximate surface area is 110 Å². The maximum absolute atomic E-state index is 11.9. The van der Waals surface area contributed by atoms with Gasteiger partial charge in [-0.2, -0.15) is 0 Å². The predicted molar refractivity (Wildman–Crippen MR) is 72.5 cm³/mol. The van der Waals surface area contributed by atoms with E-state index in [2.05, 4.69) is 36.4 Å². The van der Waals surface area contributed by atoms with Gasteiger partial charge in [0.1, 0.15) is 0 Å². The molecular weight excluding hydrogens is 230 g/mol. The van der Waals surface area contributed by atoms with Crippen molar-refractivity contribution in [2.45, 2.75) is 32.4 Å². The van der Waals surface area contributed by atoms with E-state index in [0.29, 0.717) is 19.3 Å². The van der Waals surface area contributed by atoms with E-state index in [1.807, 2.05) is 7.05 Å². The molecule has 2 N–H and O–H groups in total. The van der Waals surface area contributed by atoms with Gasteiger partial charge in [-0.1, -0.05) is 0 Å². The summed E-state index contributed by atoms with van der Waals surface area (Å²) in [5.74, 6) is 0.0666. The number of hydrogen-bond acceptors (Lipinski definition) is 4. The summed E-state index contributed by atoms with van der Waals surface area (Å²) in [5.41, 5.74) is 0. The monoisotopic (exact) mass is 257 g/mol. The number of amides is 1. The molecule has 1 aliphatic heterocycles. The van der Waals surface area contributed by atoms with E-state index in [1.165, 1.54) is 0 Å². The topological polar surface area (TPSA) is 53.6 Å². The van der Waals surface area contributed by atoms with Crippen molar-refractivity contribution in [3.8, 4) is 0 Å². The van der Waals surface area contributed by atoms with E-state index < -0.39 is 0 Å². The number of carbonyl (C=O) groups is 1. The zero-order valence-corrected chi connectivity index (χ0v) is 12.0. The molecule has 0 radical (unpaired) electrons. The summed E-state index contributed by atoms with van der Waals surface area (Å²) < 4.78 is 5.33. The van der Waals surface area contributed by atoms with Crippen LogP contribution in [0.4, 0.5) is 0 Å². The van der Waals surface area contributed by atoms with E-state index in [1.54, 1.807) is 0 Å². The highest BCUT2D eigenvalue weighted by atomic mass is 16.5. The minimum Gasteiger partial charge on any atom is -0.379 e. The van der Waals surface area contributed by atoms with E-state index in [-0.39, 0.29) is 17.9 Å². The fourth-order valence-electron chi connectivity index (χ4n) is 2.03. The minimum absolute atomic E-state index is 0.0437. The van der Waals surface area contributed by atoms with Crippen molar-refractivity contribution in [3.05, 3.63) is 0 Å². The van der Waals surface area contributed by atoms with Gasteiger partial charge in [-0.05, 0) is 40.9 Å². The Morgan fingerprint density at radius 1 is 1.44 bits per heavy atom. The number of rotatable bonds is 7. The van der Waals surface area contributed by atoms with Crippen LogP contribution in [-0.2, 0) is 9.53 Å². The average Bonchev–Trinajstić information content (AvgIpc) is 2.82. The number of ether oxygens (including phenoxy) is 1. The third-order valence-electron chi connectivity index (χ3n) is 3.66. The molecule has 0 bridgehead atoms. The SMILES string of the molecule is CNC1COCC1C(=O)NCCCN(C)C(C)C. The molecule has 2 unspecified atom stereocenters. The van der Waals surface area contributed by atoms with Gasteiger partial charge < -0.3 is 20.3 Å². The summed E-state index contributed by atoms with van der Waals surface area (Å²) >= 11 is 0. The first-order valence-corrected chi connectivity index (χ1v) is 6.79. The Morgan fingerprint density at radius 3 is 2.78 bits per heavy atom. The summed E-state index contributed by atoms with van der Waals surface area (Å²) in [4.78, 5) is 14.2. The number of hydrogen-bond donors (Lipinski definition) is 2. The van der Waals surface area contributed by atoms with Crippen molar-refractivity contribution in [2.75, 3.05) is 40.4 Å². The fraction of sp³-hybridized carbons (Fsp3) is 0.923. The van der Waals surface area contributed by atoms with Crippen LogP contribution < -0.4 is 10.6 Å². The van der Waals surface area contributed by atoms with Crippen LogP contribution in [0.25, 0.3) is 0 Å². The van der Waals surface area contributed by atoms with Crippen LogP contribution in [0.15, 0.2) is 0 Å². The van der Waals surface area contributed by atoms with Crippen molar-refractivity contribution in [2.24, 2.45) is 5.92 Å². The molecule has 0 spiro atoms. The van der Waals surface area contributed by atoms with Crippen molar-refractivity contribution >= 4 is 5.91 Å². The van der Waals surface area contributed by atoms with Crippen LogP contribution in [0.5, 0.6) is 0 Å². The van der Waals surface area contributed by atoms with Crippen LogP contribution in [0, 0.1) is 5.92 Å². The fourth-order valence-corrected chi connectivity index (χ4v) is 2.03. The summed E-state index contributed by atoms with van der Waals surface area (Å²) in [5, 5.41) is 6.12. The molecule has 1 rings (SSSR count). The highest BCUT2D eigenvalue weighted by Crippen LogP contribution is 2.13. The average molecular weight is 257 g/mol. The van der Waals surface area contributed by atoms with Crippen molar-refractivity contribution in [3.63, 3.8) is 0 Å². The molecule has 1 aliphatic rings. The first-order chi connectivity index (χ1) is 8.56. The number of nitrogens with one attached hydrogen (secondary N) is 2. The molecular formula is C13H27N3O2. The van der Waals surface area contributed by atoms with Gasteiger partial charge in [0, 0.05) is 18.6 Å². The third-order valence-corrected chi connectivity index (χ3v) is 3.66. The smallest absolute Gasteiger partial charge is 0.227 e. The van der Waals surface area contributed by atoms with Crippen LogP contribution in [0.3, 0.4) is 0 Å². The summed E-state index contributed by atoms with van der Waals surface area (Å²) in [6.07, 6.45) is 0.984. The predicted octanol–water partition coefficient (Wildman–Crippen LogP) is 0.0673. The van der Waals surface area contributed by atoms with Gasteiger partial charge >= 0.3 is 0 Å². The van der Waals surface area contributed by atoms with Gasteiger partial charge in [-0.3, -0.25) is 4.79 Å². The summed E-state index contributed by atoms with van der Waals surface area (Å²) in [6.45, 7) is 7.25. The summed E-state index contributed by atoms with van der Waals surface area (Å²) in [7, 11) is 3.98. The van der Waals surface area contributed by atoms with E-state index >= 15 is 0 Å². The van der Waals surface area contributed by atoms with Crippen LogP contribution in [0.1, 0.15) is 20.3 Å². The number of carbonyl (C=O) groups excluding carboxylic acids is 1. The standard InChI is InChI=1S/C13H27N3O2/c1-10(2)16(4)7-5-6-15-13(17)11-8-18-9-12(11)14-3/h10-12,14H,5-9H2,1-4H3,(H,15,17). The molecule has 0 saturated carbocycles. The molecule has 1 fully saturated rings. The van der Waals surface area contributed by atoms with Crippen molar-refractivity contribution in [1.29, 1.82) is 0 Å².